The lowest BCUT2D eigenvalue weighted by Crippen LogP contribution is -2.40. The Hall–Kier alpha value is -2.63. The Morgan fingerprint density at radius 3 is 2.68 bits per heavy atom. The molecule has 1 aliphatic rings. The molecule has 6 nitrogen and oxygen atoms in total. The Kier molecular flexibility index (Phi) is 5.87. The van der Waals surface area contributed by atoms with Gasteiger partial charge in [-0.05, 0) is 57.7 Å². The molecule has 1 aromatic heterocycles. The normalized spacial score (nSPS) is 13.9. The van der Waals surface area contributed by atoms with Crippen LogP contribution in [-0.2, 0) is 11.2 Å². The third-order valence-corrected chi connectivity index (χ3v) is 4.74. The maximum atomic E-state index is 12.9. The van der Waals surface area contributed by atoms with E-state index >= 15 is 0 Å². The molecule has 0 bridgehead atoms. The van der Waals surface area contributed by atoms with E-state index in [2.05, 4.69) is 11.9 Å². The number of benzene rings is 1. The molecule has 0 saturated carbocycles. The topological polar surface area (TPSA) is 64.4 Å². The lowest BCUT2D eigenvalue weighted by atomic mass is 9.95. The molecule has 3 rings (SSSR count). The predicted octanol–water partition coefficient (Wildman–Crippen LogP) is 4.93. The number of fused-ring (bicyclic) bond motifs is 1. The van der Waals surface area contributed by atoms with Gasteiger partial charge in [0.05, 0.1) is 17.7 Å². The van der Waals surface area contributed by atoms with Gasteiger partial charge in [0.1, 0.15) is 5.60 Å². The highest BCUT2D eigenvalue weighted by molar-refractivity contribution is 6.00. The van der Waals surface area contributed by atoms with Crippen molar-refractivity contribution in [1.82, 2.24) is 9.55 Å². The number of aromatic nitrogens is 2. The van der Waals surface area contributed by atoms with E-state index in [1.165, 1.54) is 0 Å². The van der Waals surface area contributed by atoms with Gasteiger partial charge in [-0.25, -0.2) is 9.78 Å². The lowest BCUT2D eigenvalue weighted by molar-refractivity contribution is 0.0577. The number of carbonyl (C=O) groups is 2. The molecule has 1 aromatic carbocycles. The van der Waals surface area contributed by atoms with E-state index in [1.807, 2.05) is 43.7 Å². The van der Waals surface area contributed by atoms with Crippen molar-refractivity contribution in [2.45, 2.75) is 65.4 Å². The number of rotatable bonds is 5. The molecule has 2 aromatic rings. The van der Waals surface area contributed by atoms with Crippen molar-refractivity contribution in [2.24, 2.45) is 0 Å². The van der Waals surface area contributed by atoms with Crippen molar-refractivity contribution >= 4 is 17.6 Å². The number of hydrogen-bond acceptors (Lipinski definition) is 4. The maximum Gasteiger partial charge on any atom is 0.414 e. The van der Waals surface area contributed by atoms with E-state index < -0.39 is 5.60 Å². The zero-order valence-corrected chi connectivity index (χ0v) is 17.2. The van der Waals surface area contributed by atoms with Gasteiger partial charge in [-0.1, -0.05) is 13.3 Å². The van der Waals surface area contributed by atoms with Crippen LogP contribution in [-0.4, -0.2) is 33.6 Å². The van der Waals surface area contributed by atoms with Crippen molar-refractivity contribution in [3.8, 4) is 5.69 Å². The SMILES string of the molecule is CCCCC(=O)c1cc2c(c(-n3ccnc3)c1)N(C(=O)OC(C)(C)C)CCC2. The van der Waals surface area contributed by atoms with Gasteiger partial charge in [0.15, 0.2) is 5.78 Å². The van der Waals surface area contributed by atoms with Crippen LogP contribution in [0.5, 0.6) is 0 Å². The van der Waals surface area contributed by atoms with Crippen molar-refractivity contribution in [3.05, 3.63) is 42.0 Å². The van der Waals surface area contributed by atoms with Gasteiger partial charge in [0.2, 0.25) is 0 Å². The minimum atomic E-state index is -0.570. The lowest BCUT2D eigenvalue weighted by Gasteiger charge is -2.33. The first kappa shape index (κ1) is 20.1. The standard InChI is InChI=1S/C22H29N3O3/c1-5-6-9-19(26)17-13-16-8-7-11-25(21(27)28-22(2,3)4)20(16)18(14-17)24-12-10-23-15-24/h10,12-15H,5-9,11H2,1-4H3. The Morgan fingerprint density at radius 2 is 2.04 bits per heavy atom. The molecule has 0 radical (unpaired) electrons. The van der Waals surface area contributed by atoms with Crippen LogP contribution in [0.4, 0.5) is 10.5 Å². The smallest absolute Gasteiger partial charge is 0.414 e. The van der Waals surface area contributed by atoms with Crippen LogP contribution in [0.2, 0.25) is 0 Å². The third-order valence-electron chi connectivity index (χ3n) is 4.74. The van der Waals surface area contributed by atoms with Gasteiger partial charge in [0, 0.05) is 30.9 Å². The molecular formula is C22H29N3O3. The van der Waals surface area contributed by atoms with Crippen LogP contribution >= 0.6 is 0 Å². The zero-order chi connectivity index (χ0) is 20.3. The summed E-state index contributed by atoms with van der Waals surface area (Å²) in [6, 6.07) is 3.82. The second-order valence-electron chi connectivity index (χ2n) is 8.24. The third kappa shape index (κ3) is 4.43. The average Bonchev–Trinajstić information content (AvgIpc) is 3.17. The fourth-order valence-corrected chi connectivity index (χ4v) is 3.46. The van der Waals surface area contributed by atoms with E-state index in [0.29, 0.717) is 18.5 Å². The van der Waals surface area contributed by atoms with Gasteiger partial charge >= 0.3 is 6.09 Å². The van der Waals surface area contributed by atoms with Gasteiger partial charge < -0.3 is 9.30 Å². The summed E-state index contributed by atoms with van der Waals surface area (Å²) in [6.45, 7) is 8.26. The zero-order valence-electron chi connectivity index (χ0n) is 17.2. The predicted molar refractivity (Wildman–Crippen MR) is 109 cm³/mol. The molecule has 0 saturated heterocycles. The second-order valence-corrected chi connectivity index (χ2v) is 8.24. The summed E-state index contributed by atoms with van der Waals surface area (Å²) in [6.07, 6.45) is 8.91. The summed E-state index contributed by atoms with van der Waals surface area (Å²) < 4.78 is 7.49. The van der Waals surface area contributed by atoms with E-state index in [-0.39, 0.29) is 11.9 Å². The Morgan fingerprint density at radius 1 is 1.25 bits per heavy atom. The number of anilines is 1. The van der Waals surface area contributed by atoms with Gasteiger partial charge in [-0.15, -0.1) is 0 Å². The largest absolute Gasteiger partial charge is 0.443 e. The highest BCUT2D eigenvalue weighted by Crippen LogP contribution is 2.36. The van der Waals surface area contributed by atoms with Crippen molar-refractivity contribution in [1.29, 1.82) is 0 Å². The number of nitrogens with zero attached hydrogens (tertiary/aromatic N) is 3. The number of ketones is 1. The summed E-state index contributed by atoms with van der Waals surface area (Å²) >= 11 is 0. The maximum absolute atomic E-state index is 12.9. The minimum Gasteiger partial charge on any atom is -0.443 e. The van der Waals surface area contributed by atoms with E-state index in [9.17, 15) is 9.59 Å². The first-order chi connectivity index (χ1) is 13.3. The molecule has 0 fully saturated rings. The number of hydrogen-bond donors (Lipinski definition) is 0. The van der Waals surface area contributed by atoms with Crippen molar-refractivity contribution < 1.29 is 14.3 Å². The number of Topliss-reactive ketones (excluding diaryl/α,β-unsaturated/α-hetero) is 1. The number of carbonyl (C=O) groups excluding carboxylic acids is 2. The molecule has 0 atom stereocenters. The fraction of sp³-hybridized carbons (Fsp3) is 0.500. The van der Waals surface area contributed by atoms with Crippen molar-refractivity contribution in [2.75, 3.05) is 11.4 Å². The number of imidazole rings is 1. The highest BCUT2D eigenvalue weighted by Gasteiger charge is 2.30. The van der Waals surface area contributed by atoms with Crippen LogP contribution in [0.3, 0.4) is 0 Å². The highest BCUT2D eigenvalue weighted by atomic mass is 16.6. The molecule has 2 heterocycles. The Labute approximate surface area is 166 Å². The van der Waals surface area contributed by atoms with Gasteiger partial charge in [-0.3, -0.25) is 9.69 Å². The Balaban J connectivity index is 2.07. The summed E-state index contributed by atoms with van der Waals surface area (Å²) in [7, 11) is 0. The van der Waals surface area contributed by atoms with Crippen LogP contribution < -0.4 is 4.90 Å². The van der Waals surface area contributed by atoms with Crippen LogP contribution in [0.15, 0.2) is 30.9 Å². The molecule has 1 aliphatic heterocycles. The number of unbranched alkanes of at least 4 members (excludes halogenated alkanes) is 1. The fourth-order valence-electron chi connectivity index (χ4n) is 3.46. The average molecular weight is 383 g/mol. The Bertz CT molecular complexity index is 851. The summed E-state index contributed by atoms with van der Waals surface area (Å²) in [4.78, 5) is 31.4. The molecule has 150 valence electrons. The summed E-state index contributed by atoms with van der Waals surface area (Å²) in [5.41, 5.74) is 2.73. The minimum absolute atomic E-state index is 0.139. The van der Waals surface area contributed by atoms with Crippen LogP contribution in [0.25, 0.3) is 5.69 Å². The van der Waals surface area contributed by atoms with Crippen LogP contribution in [0.1, 0.15) is 69.3 Å². The molecule has 6 heteroatoms. The first-order valence-electron chi connectivity index (χ1n) is 9.99. The summed E-state index contributed by atoms with van der Waals surface area (Å²) in [5.74, 6) is 0.139. The molecule has 0 N–H and O–H groups in total. The molecule has 1 amide bonds. The molecule has 0 unspecified atom stereocenters. The molecular weight excluding hydrogens is 354 g/mol. The molecule has 28 heavy (non-hydrogen) atoms. The monoisotopic (exact) mass is 383 g/mol. The van der Waals surface area contributed by atoms with E-state index in [0.717, 1.165) is 42.6 Å². The number of ether oxygens (including phenoxy) is 1. The summed E-state index contributed by atoms with van der Waals surface area (Å²) in [5, 5.41) is 0. The van der Waals surface area contributed by atoms with Crippen molar-refractivity contribution in [3.63, 3.8) is 0 Å². The van der Waals surface area contributed by atoms with E-state index in [4.69, 9.17) is 4.74 Å². The van der Waals surface area contributed by atoms with Gasteiger partial charge in [-0.2, -0.15) is 0 Å². The van der Waals surface area contributed by atoms with E-state index in [1.54, 1.807) is 17.4 Å². The number of aryl methyl sites for hydroxylation is 1. The first-order valence-corrected chi connectivity index (χ1v) is 9.99. The van der Waals surface area contributed by atoms with Gasteiger partial charge in [0.25, 0.3) is 0 Å². The molecule has 0 spiro atoms. The quantitative estimate of drug-likeness (QED) is 0.687. The second kappa shape index (κ2) is 8.17. The number of amides is 1. The molecule has 0 aliphatic carbocycles. The van der Waals surface area contributed by atoms with Crippen LogP contribution in [0, 0.1) is 0 Å².